The summed E-state index contributed by atoms with van der Waals surface area (Å²) in [4.78, 5) is 12.9. The van der Waals surface area contributed by atoms with Gasteiger partial charge in [0, 0.05) is 16.6 Å². The van der Waals surface area contributed by atoms with Crippen molar-refractivity contribution in [1.29, 1.82) is 0 Å². The van der Waals surface area contributed by atoms with Crippen LogP contribution in [0.2, 0.25) is 0 Å². The monoisotopic (exact) mass is 306 g/mol. The van der Waals surface area contributed by atoms with Crippen LogP contribution < -0.4 is 0 Å². The second-order valence-electron chi connectivity index (χ2n) is 5.88. The first-order valence-corrected chi connectivity index (χ1v) is 8.67. The first-order chi connectivity index (χ1) is 10.3. The maximum absolute atomic E-state index is 11.5. The Kier molecular flexibility index (Phi) is 4.86. The van der Waals surface area contributed by atoms with Gasteiger partial charge >= 0.3 is 5.97 Å². The third-order valence-electron chi connectivity index (χ3n) is 4.54. The predicted molar refractivity (Wildman–Crippen MR) is 83.6 cm³/mol. The number of thioether (sulfide) groups is 1. The minimum absolute atomic E-state index is 0.0606. The lowest BCUT2D eigenvalue weighted by Gasteiger charge is -2.28. The van der Waals surface area contributed by atoms with Crippen molar-refractivity contribution in [3.8, 4) is 0 Å². The van der Waals surface area contributed by atoms with Gasteiger partial charge in [-0.1, -0.05) is 18.2 Å². The Morgan fingerprint density at radius 2 is 2.00 bits per heavy atom. The minimum Gasteiger partial charge on any atom is -0.469 e. The number of methoxy groups -OCH3 is 1. The molecule has 1 unspecified atom stereocenters. The Morgan fingerprint density at radius 1 is 1.24 bits per heavy atom. The molecular weight excluding hydrogens is 284 g/mol. The van der Waals surface area contributed by atoms with E-state index in [-0.39, 0.29) is 11.9 Å². The van der Waals surface area contributed by atoms with Crippen LogP contribution in [0, 0.1) is 5.92 Å². The van der Waals surface area contributed by atoms with Crippen LogP contribution in [0.3, 0.4) is 0 Å². The summed E-state index contributed by atoms with van der Waals surface area (Å²) < 4.78 is 10.9. The lowest BCUT2D eigenvalue weighted by atomic mass is 9.87. The van der Waals surface area contributed by atoms with E-state index in [1.54, 1.807) is 0 Å². The normalized spacial score (nSPS) is 28.1. The predicted octanol–water partition coefficient (Wildman–Crippen LogP) is 3.62. The van der Waals surface area contributed by atoms with Crippen LogP contribution in [0.1, 0.15) is 37.2 Å². The lowest BCUT2D eigenvalue weighted by molar-refractivity contribution is -0.147. The van der Waals surface area contributed by atoms with Crippen LogP contribution in [-0.2, 0) is 14.3 Å². The summed E-state index contributed by atoms with van der Waals surface area (Å²) in [5.74, 6) is 1.66. The zero-order valence-corrected chi connectivity index (χ0v) is 13.2. The van der Waals surface area contributed by atoms with E-state index in [1.807, 2.05) is 11.8 Å². The molecule has 1 atom stereocenters. The molecular formula is C17H22O3S. The van der Waals surface area contributed by atoms with Crippen LogP contribution in [0.4, 0.5) is 0 Å². The zero-order valence-electron chi connectivity index (χ0n) is 12.4. The van der Waals surface area contributed by atoms with Crippen molar-refractivity contribution in [3.05, 3.63) is 29.8 Å². The van der Waals surface area contributed by atoms with Gasteiger partial charge in [-0.25, -0.2) is 0 Å². The second-order valence-corrected chi connectivity index (χ2v) is 6.94. The molecule has 0 spiro atoms. The molecule has 21 heavy (non-hydrogen) atoms. The largest absolute Gasteiger partial charge is 0.469 e. The van der Waals surface area contributed by atoms with Gasteiger partial charge in [-0.3, -0.25) is 4.79 Å². The highest BCUT2D eigenvalue weighted by atomic mass is 32.2. The molecule has 1 aromatic rings. The first kappa shape index (κ1) is 14.9. The number of esters is 1. The standard InChI is InChI=1S/C17H22O3S/c1-19-17(18)12-6-8-14(9-7-12)20-10-13-11-21-16-5-3-2-4-15(13)16/h2-5,12-14H,6-11H2,1H3. The number of fused-ring (bicyclic) bond motifs is 1. The Morgan fingerprint density at radius 3 is 2.76 bits per heavy atom. The van der Waals surface area contributed by atoms with E-state index in [9.17, 15) is 4.79 Å². The van der Waals surface area contributed by atoms with Crippen LogP contribution in [0.25, 0.3) is 0 Å². The quantitative estimate of drug-likeness (QED) is 0.796. The average molecular weight is 306 g/mol. The highest BCUT2D eigenvalue weighted by Crippen LogP contribution is 2.40. The third kappa shape index (κ3) is 3.43. The van der Waals surface area contributed by atoms with Crippen molar-refractivity contribution in [1.82, 2.24) is 0 Å². The molecule has 3 rings (SSSR count). The summed E-state index contributed by atoms with van der Waals surface area (Å²) in [5.41, 5.74) is 1.44. The molecule has 1 heterocycles. The fourth-order valence-electron chi connectivity index (χ4n) is 3.25. The summed E-state index contributed by atoms with van der Waals surface area (Å²) in [6.45, 7) is 0.803. The fourth-order valence-corrected chi connectivity index (χ4v) is 4.48. The molecule has 0 radical (unpaired) electrons. The van der Waals surface area contributed by atoms with E-state index in [1.165, 1.54) is 17.6 Å². The van der Waals surface area contributed by atoms with Crippen molar-refractivity contribution in [2.75, 3.05) is 19.5 Å². The number of benzene rings is 1. The van der Waals surface area contributed by atoms with Crippen molar-refractivity contribution in [2.24, 2.45) is 5.92 Å². The van der Waals surface area contributed by atoms with Gasteiger partial charge in [0.05, 0.1) is 25.7 Å². The second kappa shape index (κ2) is 6.84. The maximum Gasteiger partial charge on any atom is 0.308 e. The molecule has 2 aliphatic rings. The average Bonchev–Trinajstić information content (AvgIpc) is 2.96. The number of carbonyl (C=O) groups excluding carboxylic acids is 1. The van der Waals surface area contributed by atoms with Gasteiger partial charge in [0.2, 0.25) is 0 Å². The van der Waals surface area contributed by atoms with Crippen LogP contribution in [-0.4, -0.2) is 31.5 Å². The van der Waals surface area contributed by atoms with Crippen LogP contribution >= 0.6 is 11.8 Å². The molecule has 4 heteroatoms. The van der Waals surface area contributed by atoms with Gasteiger partial charge in [-0.05, 0) is 37.3 Å². The van der Waals surface area contributed by atoms with Crippen molar-refractivity contribution >= 4 is 17.7 Å². The van der Waals surface area contributed by atoms with Crippen molar-refractivity contribution in [2.45, 2.75) is 42.6 Å². The van der Waals surface area contributed by atoms with Gasteiger partial charge in [0.15, 0.2) is 0 Å². The van der Waals surface area contributed by atoms with Gasteiger partial charge < -0.3 is 9.47 Å². The molecule has 0 aromatic heterocycles. The highest BCUT2D eigenvalue weighted by molar-refractivity contribution is 7.99. The molecule has 3 nitrogen and oxygen atoms in total. The molecule has 1 fully saturated rings. The summed E-state index contributed by atoms with van der Waals surface area (Å²) in [5, 5.41) is 0. The maximum atomic E-state index is 11.5. The number of carbonyl (C=O) groups is 1. The SMILES string of the molecule is COC(=O)C1CCC(OCC2CSc3ccccc32)CC1. The van der Waals surface area contributed by atoms with Gasteiger partial charge in [0.1, 0.15) is 0 Å². The van der Waals surface area contributed by atoms with E-state index in [0.29, 0.717) is 12.0 Å². The van der Waals surface area contributed by atoms with Gasteiger partial charge in [-0.15, -0.1) is 11.8 Å². The van der Waals surface area contributed by atoms with E-state index in [0.717, 1.165) is 38.0 Å². The summed E-state index contributed by atoms with van der Waals surface area (Å²) in [7, 11) is 1.47. The minimum atomic E-state index is -0.0606. The van der Waals surface area contributed by atoms with Crippen LogP contribution in [0.5, 0.6) is 0 Å². The topological polar surface area (TPSA) is 35.5 Å². The Labute approximate surface area is 130 Å². The molecule has 0 amide bonds. The zero-order chi connectivity index (χ0) is 14.7. The summed E-state index contributed by atoms with van der Waals surface area (Å²) in [6.07, 6.45) is 4.05. The number of rotatable bonds is 4. The molecule has 0 saturated heterocycles. The Bertz CT molecular complexity index is 495. The Balaban J connectivity index is 1.46. The number of hydrogen-bond donors (Lipinski definition) is 0. The van der Waals surface area contributed by atoms with Gasteiger partial charge in [0.25, 0.3) is 0 Å². The van der Waals surface area contributed by atoms with Crippen molar-refractivity contribution < 1.29 is 14.3 Å². The van der Waals surface area contributed by atoms with Gasteiger partial charge in [-0.2, -0.15) is 0 Å². The molecule has 0 bridgehead atoms. The number of ether oxygens (including phenoxy) is 2. The molecule has 1 aliphatic heterocycles. The molecule has 0 N–H and O–H groups in total. The van der Waals surface area contributed by atoms with Crippen molar-refractivity contribution in [3.63, 3.8) is 0 Å². The molecule has 1 saturated carbocycles. The lowest BCUT2D eigenvalue weighted by Crippen LogP contribution is -2.28. The van der Waals surface area contributed by atoms with E-state index in [2.05, 4.69) is 24.3 Å². The van der Waals surface area contributed by atoms with E-state index in [4.69, 9.17) is 9.47 Å². The third-order valence-corrected chi connectivity index (χ3v) is 5.79. The highest BCUT2D eigenvalue weighted by Gasteiger charge is 2.29. The summed E-state index contributed by atoms with van der Waals surface area (Å²) in [6, 6.07) is 8.63. The first-order valence-electron chi connectivity index (χ1n) is 7.69. The fraction of sp³-hybridized carbons (Fsp3) is 0.588. The Hall–Kier alpha value is -1.00. The van der Waals surface area contributed by atoms with E-state index < -0.39 is 0 Å². The molecule has 1 aliphatic carbocycles. The van der Waals surface area contributed by atoms with Crippen LogP contribution in [0.15, 0.2) is 29.2 Å². The summed E-state index contributed by atoms with van der Waals surface area (Å²) >= 11 is 1.93. The number of hydrogen-bond acceptors (Lipinski definition) is 4. The molecule has 114 valence electrons. The van der Waals surface area contributed by atoms with E-state index >= 15 is 0 Å². The molecule has 1 aromatic carbocycles. The smallest absolute Gasteiger partial charge is 0.308 e.